The fourth-order valence-electron chi connectivity index (χ4n) is 2.32. The van der Waals surface area contributed by atoms with Crippen LogP contribution in [0.4, 0.5) is 0 Å². The van der Waals surface area contributed by atoms with E-state index in [9.17, 15) is 4.79 Å². The zero-order valence-corrected chi connectivity index (χ0v) is 14.1. The van der Waals surface area contributed by atoms with E-state index >= 15 is 0 Å². The molecule has 24 heavy (non-hydrogen) atoms. The number of nitrogens with zero attached hydrogens (tertiary/aromatic N) is 1. The average molecular weight is 345 g/mol. The van der Waals surface area contributed by atoms with Crippen LogP contribution in [0.3, 0.4) is 0 Å². The van der Waals surface area contributed by atoms with Gasteiger partial charge in [-0.1, -0.05) is 23.7 Å². The van der Waals surface area contributed by atoms with Crippen molar-refractivity contribution >= 4 is 23.2 Å². The minimum atomic E-state index is -0.701. The van der Waals surface area contributed by atoms with Gasteiger partial charge in [-0.15, -0.1) is 0 Å². The molecule has 0 saturated carbocycles. The Labute approximate surface area is 145 Å². The number of fused-ring (bicyclic) bond motifs is 1. The number of ether oxygens (including phenoxy) is 2. The topological polar surface area (TPSA) is 59.9 Å². The van der Waals surface area contributed by atoms with Crippen LogP contribution >= 0.6 is 11.6 Å². The van der Waals surface area contributed by atoms with Crippen molar-refractivity contribution in [1.82, 2.24) is 5.43 Å². The lowest BCUT2D eigenvalue weighted by Crippen LogP contribution is -2.34. The molecule has 6 heteroatoms. The normalized spacial score (nSPS) is 15.5. The highest BCUT2D eigenvalue weighted by atomic mass is 35.5. The Balaban J connectivity index is 1.63. The Morgan fingerprint density at radius 2 is 2.17 bits per heavy atom. The first-order valence-corrected chi connectivity index (χ1v) is 7.93. The van der Waals surface area contributed by atoms with Crippen LogP contribution in [-0.2, 0) is 4.79 Å². The summed E-state index contributed by atoms with van der Waals surface area (Å²) in [5.74, 6) is 0.970. The first-order valence-electron chi connectivity index (χ1n) is 7.55. The first kappa shape index (κ1) is 16.3. The largest absolute Gasteiger partial charge is 0.486 e. The summed E-state index contributed by atoms with van der Waals surface area (Å²) in [6.45, 7) is 3.98. The number of hydrogen-bond acceptors (Lipinski definition) is 4. The molecule has 0 fully saturated rings. The molecule has 1 aliphatic rings. The average Bonchev–Trinajstić information content (AvgIpc) is 2.94. The first-order chi connectivity index (χ1) is 11.5. The Morgan fingerprint density at radius 1 is 1.33 bits per heavy atom. The van der Waals surface area contributed by atoms with Crippen LogP contribution in [0.15, 0.2) is 47.6 Å². The molecule has 0 saturated heterocycles. The summed E-state index contributed by atoms with van der Waals surface area (Å²) in [6, 6.07) is 12.8. The predicted octanol–water partition coefficient (Wildman–Crippen LogP) is 3.33. The van der Waals surface area contributed by atoms with Crippen LogP contribution in [0.2, 0.25) is 5.02 Å². The molecule has 0 bridgehead atoms. The maximum Gasteiger partial charge on any atom is 0.280 e. The molecular weight excluding hydrogens is 328 g/mol. The summed E-state index contributed by atoms with van der Waals surface area (Å²) in [7, 11) is 0. The van der Waals surface area contributed by atoms with Gasteiger partial charge in [0.05, 0.1) is 0 Å². The number of nitrogens with one attached hydrogen (secondary N) is 1. The van der Waals surface area contributed by atoms with Crippen LogP contribution in [-0.4, -0.2) is 24.3 Å². The standard InChI is InChI=1S/C18H17ClN2O3/c1-11-6-7-15-16(10-23-17(15)8-11)20-21-18(22)12(2)24-14-5-3-4-13(19)9-14/h3-9,12H,10H2,1-2H3,(H,21,22)/b20-16-/t12-/m0/s1. The maximum absolute atomic E-state index is 12.1. The van der Waals surface area contributed by atoms with E-state index in [0.29, 0.717) is 23.1 Å². The highest BCUT2D eigenvalue weighted by Crippen LogP contribution is 2.26. The van der Waals surface area contributed by atoms with Gasteiger partial charge in [-0.05, 0) is 49.7 Å². The van der Waals surface area contributed by atoms with Gasteiger partial charge in [-0.3, -0.25) is 4.79 Å². The van der Waals surface area contributed by atoms with E-state index in [4.69, 9.17) is 21.1 Å². The molecule has 1 aliphatic heterocycles. The fraction of sp³-hybridized carbons (Fsp3) is 0.222. The maximum atomic E-state index is 12.1. The number of hydrogen-bond donors (Lipinski definition) is 1. The molecule has 2 aromatic rings. The Kier molecular flexibility index (Phi) is 4.71. The Bertz CT molecular complexity index is 805. The molecule has 1 heterocycles. The van der Waals surface area contributed by atoms with Crippen LogP contribution in [0, 0.1) is 6.92 Å². The van der Waals surface area contributed by atoms with E-state index in [-0.39, 0.29) is 5.91 Å². The van der Waals surface area contributed by atoms with E-state index in [2.05, 4.69) is 10.5 Å². The number of carbonyl (C=O) groups is 1. The lowest BCUT2D eigenvalue weighted by molar-refractivity contribution is -0.127. The molecule has 0 aromatic heterocycles. The lowest BCUT2D eigenvalue weighted by atomic mass is 10.1. The summed E-state index contributed by atoms with van der Waals surface area (Å²) < 4.78 is 11.1. The van der Waals surface area contributed by atoms with Crippen LogP contribution in [0.25, 0.3) is 0 Å². The van der Waals surface area contributed by atoms with Crippen molar-refractivity contribution < 1.29 is 14.3 Å². The molecule has 3 rings (SSSR count). The third-order valence-electron chi connectivity index (χ3n) is 3.59. The van der Waals surface area contributed by atoms with Crippen molar-refractivity contribution in [3.63, 3.8) is 0 Å². The molecule has 1 amide bonds. The minimum Gasteiger partial charge on any atom is -0.486 e. The van der Waals surface area contributed by atoms with Gasteiger partial charge >= 0.3 is 0 Å². The number of amides is 1. The van der Waals surface area contributed by atoms with Crippen LogP contribution < -0.4 is 14.9 Å². The van der Waals surface area contributed by atoms with Gasteiger partial charge in [0, 0.05) is 10.6 Å². The van der Waals surface area contributed by atoms with Gasteiger partial charge in [-0.2, -0.15) is 5.10 Å². The number of aryl methyl sites for hydroxylation is 1. The second-order valence-electron chi connectivity index (χ2n) is 5.54. The SMILES string of the molecule is Cc1ccc2c(c1)OC/C2=N/NC(=O)[C@H](C)Oc1cccc(Cl)c1. The molecule has 1 atom stereocenters. The van der Waals surface area contributed by atoms with Crippen molar-refractivity contribution in [2.45, 2.75) is 20.0 Å². The molecule has 0 aliphatic carbocycles. The highest BCUT2D eigenvalue weighted by molar-refractivity contribution is 6.30. The van der Waals surface area contributed by atoms with Gasteiger partial charge in [0.25, 0.3) is 5.91 Å². The quantitative estimate of drug-likeness (QED) is 0.865. The van der Waals surface area contributed by atoms with Crippen molar-refractivity contribution in [3.05, 3.63) is 58.6 Å². The van der Waals surface area contributed by atoms with Gasteiger partial charge < -0.3 is 9.47 Å². The van der Waals surface area contributed by atoms with E-state index in [1.165, 1.54) is 0 Å². The summed E-state index contributed by atoms with van der Waals surface area (Å²) in [6.07, 6.45) is -0.701. The van der Waals surface area contributed by atoms with E-state index in [1.807, 2.05) is 25.1 Å². The van der Waals surface area contributed by atoms with Gasteiger partial charge in [-0.25, -0.2) is 5.43 Å². The molecule has 1 N–H and O–H groups in total. The predicted molar refractivity (Wildman–Crippen MR) is 92.9 cm³/mol. The molecule has 5 nitrogen and oxygen atoms in total. The third-order valence-corrected chi connectivity index (χ3v) is 3.83. The van der Waals surface area contributed by atoms with Gasteiger partial charge in [0.1, 0.15) is 23.8 Å². The Morgan fingerprint density at radius 3 is 2.96 bits per heavy atom. The molecule has 2 aromatic carbocycles. The summed E-state index contributed by atoms with van der Waals surface area (Å²) in [4.78, 5) is 12.1. The number of carbonyl (C=O) groups excluding carboxylic acids is 1. The summed E-state index contributed by atoms with van der Waals surface area (Å²) in [5.41, 5.74) is 5.22. The second kappa shape index (κ2) is 6.93. The van der Waals surface area contributed by atoms with Gasteiger partial charge in [0.2, 0.25) is 0 Å². The number of hydrazone groups is 1. The second-order valence-corrected chi connectivity index (χ2v) is 5.98. The summed E-state index contributed by atoms with van der Waals surface area (Å²) in [5, 5.41) is 4.71. The van der Waals surface area contributed by atoms with Crippen LogP contribution in [0.5, 0.6) is 11.5 Å². The lowest BCUT2D eigenvalue weighted by Gasteiger charge is -2.13. The monoisotopic (exact) mass is 344 g/mol. The molecular formula is C18H17ClN2O3. The van der Waals surface area contributed by atoms with Crippen molar-refractivity contribution in [3.8, 4) is 11.5 Å². The Hall–Kier alpha value is -2.53. The van der Waals surface area contributed by atoms with E-state index < -0.39 is 6.10 Å². The molecule has 0 radical (unpaired) electrons. The molecule has 124 valence electrons. The smallest absolute Gasteiger partial charge is 0.280 e. The van der Waals surface area contributed by atoms with E-state index in [0.717, 1.165) is 16.9 Å². The van der Waals surface area contributed by atoms with E-state index in [1.54, 1.807) is 31.2 Å². The van der Waals surface area contributed by atoms with Crippen molar-refractivity contribution in [1.29, 1.82) is 0 Å². The fourth-order valence-corrected chi connectivity index (χ4v) is 2.50. The van der Waals surface area contributed by atoms with Gasteiger partial charge in [0.15, 0.2) is 6.10 Å². The van der Waals surface area contributed by atoms with Crippen molar-refractivity contribution in [2.75, 3.05) is 6.61 Å². The molecule has 0 unspecified atom stereocenters. The zero-order chi connectivity index (χ0) is 17.1. The number of rotatable bonds is 4. The van der Waals surface area contributed by atoms with Crippen LogP contribution in [0.1, 0.15) is 18.1 Å². The zero-order valence-electron chi connectivity index (χ0n) is 13.4. The number of benzene rings is 2. The minimum absolute atomic E-state index is 0.336. The summed E-state index contributed by atoms with van der Waals surface area (Å²) >= 11 is 5.90. The highest BCUT2D eigenvalue weighted by Gasteiger charge is 2.20. The third kappa shape index (κ3) is 3.68. The number of halogens is 1. The van der Waals surface area contributed by atoms with Crippen molar-refractivity contribution in [2.24, 2.45) is 5.10 Å². The molecule has 0 spiro atoms.